The van der Waals surface area contributed by atoms with Crippen molar-refractivity contribution in [1.29, 1.82) is 0 Å². The van der Waals surface area contributed by atoms with Gasteiger partial charge in [0.1, 0.15) is 4.88 Å². The maximum Gasteiger partial charge on any atom is 0.265 e. The fourth-order valence-electron chi connectivity index (χ4n) is 3.95. The SMILES string of the molecule is CN(CC1OCCO1)C(=O)c1cn2c(nc3ccc(CNC[C@H]4CCCO4)cc32)s1.Cl.Cl. The second kappa shape index (κ2) is 11.1. The summed E-state index contributed by atoms with van der Waals surface area (Å²) in [5.74, 6) is -0.0489. The smallest absolute Gasteiger partial charge is 0.265 e. The number of benzene rings is 1. The van der Waals surface area contributed by atoms with E-state index < -0.39 is 0 Å². The molecule has 11 heteroatoms. The van der Waals surface area contributed by atoms with Crippen molar-refractivity contribution in [2.45, 2.75) is 31.8 Å². The van der Waals surface area contributed by atoms with Gasteiger partial charge in [0.05, 0.1) is 36.9 Å². The average Bonchev–Trinajstić information content (AvgIpc) is 3.52. The molecule has 0 spiro atoms. The minimum absolute atomic E-state index is 0. The molecule has 2 saturated heterocycles. The quantitative estimate of drug-likeness (QED) is 0.534. The Morgan fingerprint density at radius 2 is 2.06 bits per heavy atom. The summed E-state index contributed by atoms with van der Waals surface area (Å²) in [5.41, 5.74) is 3.14. The highest BCUT2D eigenvalue weighted by Gasteiger charge is 2.23. The molecule has 2 aliphatic rings. The highest BCUT2D eigenvalue weighted by atomic mass is 35.5. The largest absolute Gasteiger partial charge is 0.377 e. The van der Waals surface area contributed by atoms with Crippen LogP contribution < -0.4 is 5.32 Å². The van der Waals surface area contributed by atoms with Gasteiger partial charge in [0.25, 0.3) is 5.91 Å². The van der Waals surface area contributed by atoms with E-state index in [9.17, 15) is 4.79 Å². The molecule has 176 valence electrons. The molecule has 1 atom stereocenters. The number of fused-ring (bicyclic) bond motifs is 3. The van der Waals surface area contributed by atoms with Gasteiger partial charge in [0, 0.05) is 32.9 Å². The standard InChI is InChI=1S/C21H26N4O4S.2ClH/c1-24(13-19-28-7-8-29-19)20(26)18-12-25-17-9-14(4-5-16(17)23-21(25)30-18)10-22-11-15-3-2-6-27-15;;/h4-5,9,12,15,19,22H,2-3,6-8,10-11,13H2,1H3;2*1H/t15-;;/m1../s1. The van der Waals surface area contributed by atoms with Crippen LogP contribution >= 0.6 is 36.2 Å². The minimum Gasteiger partial charge on any atom is -0.377 e. The number of halogens is 2. The Morgan fingerprint density at radius 3 is 2.81 bits per heavy atom. The lowest BCUT2D eigenvalue weighted by Crippen LogP contribution is -2.34. The molecule has 1 aromatic carbocycles. The van der Waals surface area contributed by atoms with E-state index in [1.54, 1.807) is 11.9 Å². The summed E-state index contributed by atoms with van der Waals surface area (Å²) >= 11 is 1.40. The number of hydrogen-bond donors (Lipinski definition) is 1. The van der Waals surface area contributed by atoms with E-state index in [-0.39, 0.29) is 37.0 Å². The lowest BCUT2D eigenvalue weighted by Gasteiger charge is -2.19. The lowest BCUT2D eigenvalue weighted by molar-refractivity contribution is -0.0542. The Balaban J connectivity index is 0.00000144. The number of thiazole rings is 1. The first kappa shape index (κ1) is 25.2. The van der Waals surface area contributed by atoms with E-state index in [4.69, 9.17) is 14.2 Å². The Morgan fingerprint density at radius 1 is 1.25 bits per heavy atom. The summed E-state index contributed by atoms with van der Waals surface area (Å²) in [7, 11) is 1.77. The second-order valence-electron chi connectivity index (χ2n) is 7.81. The number of nitrogens with zero attached hydrogens (tertiary/aromatic N) is 3. The lowest BCUT2D eigenvalue weighted by atomic mass is 10.2. The summed E-state index contributed by atoms with van der Waals surface area (Å²) < 4.78 is 18.6. The van der Waals surface area contributed by atoms with Crippen LogP contribution in [0.25, 0.3) is 16.0 Å². The topological polar surface area (TPSA) is 77.3 Å². The van der Waals surface area contributed by atoms with Crippen molar-refractivity contribution in [1.82, 2.24) is 19.6 Å². The van der Waals surface area contributed by atoms with Gasteiger partial charge in [-0.05, 0) is 30.5 Å². The molecule has 4 heterocycles. The maximum atomic E-state index is 12.8. The van der Waals surface area contributed by atoms with E-state index in [1.807, 2.05) is 16.7 Å². The zero-order valence-electron chi connectivity index (χ0n) is 17.8. The predicted molar refractivity (Wildman–Crippen MR) is 128 cm³/mol. The number of likely N-dealkylation sites (N-methyl/N-ethyl adjacent to an activating group) is 1. The molecular formula is C21H28Cl2N4O4S. The number of aromatic nitrogens is 2. The molecule has 0 saturated carbocycles. The normalized spacial score (nSPS) is 18.7. The third-order valence-electron chi connectivity index (χ3n) is 5.57. The zero-order valence-corrected chi connectivity index (χ0v) is 20.3. The molecule has 3 aromatic rings. The average molecular weight is 503 g/mol. The molecule has 0 aliphatic carbocycles. The van der Waals surface area contributed by atoms with Gasteiger partial charge in [-0.1, -0.05) is 17.4 Å². The number of ether oxygens (including phenoxy) is 3. The van der Waals surface area contributed by atoms with Gasteiger partial charge in [-0.2, -0.15) is 0 Å². The summed E-state index contributed by atoms with van der Waals surface area (Å²) in [5, 5.41) is 3.48. The van der Waals surface area contributed by atoms with E-state index in [2.05, 4.69) is 22.4 Å². The summed E-state index contributed by atoms with van der Waals surface area (Å²) in [6.45, 7) is 4.11. The highest BCUT2D eigenvalue weighted by molar-refractivity contribution is 7.18. The third-order valence-corrected chi connectivity index (χ3v) is 6.54. The fourth-order valence-corrected chi connectivity index (χ4v) is 4.95. The molecule has 1 amide bonds. The van der Waals surface area contributed by atoms with Crippen LogP contribution in [0.3, 0.4) is 0 Å². The predicted octanol–water partition coefficient (Wildman–Crippen LogP) is 3.11. The first-order chi connectivity index (χ1) is 14.7. The molecule has 2 aromatic heterocycles. The monoisotopic (exact) mass is 502 g/mol. The number of rotatable bonds is 7. The van der Waals surface area contributed by atoms with Crippen molar-refractivity contribution in [3.63, 3.8) is 0 Å². The van der Waals surface area contributed by atoms with Crippen LogP contribution in [0.15, 0.2) is 24.4 Å². The van der Waals surface area contributed by atoms with Gasteiger partial charge in [-0.15, -0.1) is 24.8 Å². The highest BCUT2D eigenvalue weighted by Crippen LogP contribution is 2.25. The Bertz CT molecular complexity index is 1050. The zero-order chi connectivity index (χ0) is 20.5. The molecular weight excluding hydrogens is 475 g/mol. The van der Waals surface area contributed by atoms with Gasteiger partial charge < -0.3 is 24.4 Å². The van der Waals surface area contributed by atoms with Crippen LogP contribution in [0.1, 0.15) is 28.1 Å². The fraction of sp³-hybridized carbons (Fsp3) is 0.524. The van der Waals surface area contributed by atoms with Gasteiger partial charge in [0.2, 0.25) is 0 Å². The molecule has 0 unspecified atom stereocenters. The van der Waals surface area contributed by atoms with Crippen molar-refractivity contribution in [2.24, 2.45) is 0 Å². The van der Waals surface area contributed by atoms with Gasteiger partial charge in [-0.3, -0.25) is 9.20 Å². The number of amides is 1. The van der Waals surface area contributed by atoms with Crippen molar-refractivity contribution in [2.75, 3.05) is 40.0 Å². The maximum absolute atomic E-state index is 12.8. The van der Waals surface area contributed by atoms with Crippen molar-refractivity contribution in [3.8, 4) is 0 Å². The van der Waals surface area contributed by atoms with E-state index in [0.717, 1.165) is 48.5 Å². The van der Waals surface area contributed by atoms with Gasteiger partial charge in [-0.25, -0.2) is 4.98 Å². The number of imidazole rings is 1. The van der Waals surface area contributed by atoms with Crippen LogP contribution in [-0.4, -0.2) is 72.5 Å². The number of carbonyl (C=O) groups excluding carboxylic acids is 1. The van der Waals surface area contributed by atoms with Gasteiger partial charge >= 0.3 is 0 Å². The van der Waals surface area contributed by atoms with Gasteiger partial charge in [0.15, 0.2) is 11.3 Å². The molecule has 2 fully saturated rings. The summed E-state index contributed by atoms with van der Waals surface area (Å²) in [4.78, 5) is 20.6. The van der Waals surface area contributed by atoms with E-state index in [0.29, 0.717) is 30.7 Å². The van der Waals surface area contributed by atoms with Crippen LogP contribution in [0.5, 0.6) is 0 Å². The number of hydrogen-bond acceptors (Lipinski definition) is 7. The van der Waals surface area contributed by atoms with E-state index >= 15 is 0 Å². The van der Waals surface area contributed by atoms with Crippen LogP contribution in [0.4, 0.5) is 0 Å². The summed E-state index contributed by atoms with van der Waals surface area (Å²) in [6, 6.07) is 6.28. The van der Waals surface area contributed by atoms with E-state index in [1.165, 1.54) is 16.9 Å². The summed E-state index contributed by atoms with van der Waals surface area (Å²) in [6.07, 6.45) is 4.16. The molecule has 2 aliphatic heterocycles. The Hall–Kier alpha value is -1.46. The molecule has 5 rings (SSSR count). The third kappa shape index (κ3) is 5.36. The Kier molecular flexibility index (Phi) is 8.74. The van der Waals surface area contributed by atoms with Crippen LogP contribution in [0, 0.1) is 0 Å². The second-order valence-corrected chi connectivity index (χ2v) is 8.81. The molecule has 0 radical (unpaired) electrons. The van der Waals surface area contributed by atoms with Crippen LogP contribution in [0.2, 0.25) is 0 Å². The van der Waals surface area contributed by atoms with Crippen molar-refractivity contribution < 1.29 is 19.0 Å². The van der Waals surface area contributed by atoms with Crippen LogP contribution in [-0.2, 0) is 20.8 Å². The molecule has 1 N–H and O–H groups in total. The number of nitrogens with one attached hydrogen (secondary N) is 1. The van der Waals surface area contributed by atoms with Crippen molar-refractivity contribution >= 4 is 58.1 Å². The first-order valence-corrected chi connectivity index (χ1v) is 11.2. The molecule has 0 bridgehead atoms. The minimum atomic E-state index is -0.339. The molecule has 32 heavy (non-hydrogen) atoms. The Labute approximate surface area is 203 Å². The molecule has 8 nitrogen and oxygen atoms in total. The first-order valence-electron chi connectivity index (χ1n) is 10.4. The van der Waals surface area contributed by atoms with Crippen molar-refractivity contribution in [3.05, 3.63) is 34.8 Å². The number of carbonyl (C=O) groups is 1.